The largest absolute Gasteiger partial charge is 0.392 e. The van der Waals surface area contributed by atoms with E-state index >= 15 is 0 Å². The van der Waals surface area contributed by atoms with Crippen LogP contribution < -0.4 is 5.73 Å². The van der Waals surface area contributed by atoms with Gasteiger partial charge >= 0.3 is 101 Å². The molecule has 0 aliphatic heterocycles. The van der Waals surface area contributed by atoms with E-state index in [0.29, 0.717) is 0 Å². The van der Waals surface area contributed by atoms with Crippen molar-refractivity contribution in [2.45, 2.75) is 107 Å². The molecule has 0 aliphatic carbocycles. The van der Waals surface area contributed by atoms with Gasteiger partial charge in [-0.05, 0) is 5.75 Å². The summed E-state index contributed by atoms with van der Waals surface area (Å²) in [6, 6.07) is 0. The molecule has 0 saturated heterocycles. The van der Waals surface area contributed by atoms with Gasteiger partial charge in [-0.25, -0.2) is 0 Å². The molecule has 342 valence electrons. The number of amides is 1. The van der Waals surface area contributed by atoms with Crippen LogP contribution in [0.1, 0.15) is 6.42 Å². The number of alkyl halides is 34. The second-order valence-corrected chi connectivity index (χ2v) is 11.2. The third-order valence-corrected chi connectivity index (χ3v) is 7.33. The van der Waals surface area contributed by atoms with Gasteiger partial charge in [-0.2, -0.15) is 162 Å². The van der Waals surface area contributed by atoms with E-state index in [1.807, 2.05) is 0 Å². The summed E-state index contributed by atoms with van der Waals surface area (Å²) in [5, 5.41) is 0. The molecular formula is C20H7F34NOS. The van der Waals surface area contributed by atoms with Crippen molar-refractivity contribution in [3.8, 4) is 0 Å². The van der Waals surface area contributed by atoms with Gasteiger partial charge in [0.2, 0.25) is 0 Å². The molecule has 0 bridgehead atoms. The quantitative estimate of drug-likeness (QED) is 0.0983. The van der Waals surface area contributed by atoms with Crippen LogP contribution in [0.25, 0.3) is 0 Å². The Morgan fingerprint density at radius 1 is 0.298 bits per heavy atom. The zero-order valence-corrected chi connectivity index (χ0v) is 25.6. The van der Waals surface area contributed by atoms with Gasteiger partial charge in [-0.3, -0.25) is 4.79 Å². The second-order valence-electron chi connectivity index (χ2n) is 10.7. The third kappa shape index (κ3) is 6.17. The van der Waals surface area contributed by atoms with Gasteiger partial charge in [-0.1, -0.05) is 0 Å². The number of primary amides is 1. The van der Waals surface area contributed by atoms with E-state index in [2.05, 4.69) is 18.4 Å². The molecule has 0 fully saturated rings. The fourth-order valence-electron chi connectivity index (χ4n) is 3.44. The molecule has 2 nitrogen and oxygen atoms in total. The molecule has 0 radical (unpaired) electrons. The molecule has 0 unspecified atom stereocenters. The van der Waals surface area contributed by atoms with Crippen molar-refractivity contribution in [3.05, 3.63) is 0 Å². The maximum Gasteiger partial charge on any atom is 0.392 e. The van der Waals surface area contributed by atoms with E-state index in [4.69, 9.17) is 0 Å². The minimum atomic E-state index is -10.3. The van der Waals surface area contributed by atoms with Crippen molar-refractivity contribution in [3.63, 3.8) is 0 Å². The maximum atomic E-state index is 13.9. The van der Waals surface area contributed by atoms with Gasteiger partial charge < -0.3 is 5.73 Å². The lowest BCUT2D eigenvalue weighted by molar-refractivity contribution is -0.490. The molecule has 0 heterocycles. The van der Waals surface area contributed by atoms with E-state index in [1.165, 1.54) is 0 Å². The number of carbonyl (C=O) groups is 1. The number of rotatable bonds is 19. The van der Waals surface area contributed by atoms with Crippen LogP contribution in [0.3, 0.4) is 0 Å². The number of carbonyl (C=O) groups excluding carboxylic acids is 1. The van der Waals surface area contributed by atoms with Gasteiger partial charge in [0, 0.05) is 6.42 Å². The van der Waals surface area contributed by atoms with E-state index in [1.54, 1.807) is 0 Å². The van der Waals surface area contributed by atoms with Crippen molar-refractivity contribution < 1.29 is 154 Å². The van der Waals surface area contributed by atoms with Crippen molar-refractivity contribution in [1.82, 2.24) is 0 Å². The Hall–Kier alpha value is -2.56. The highest BCUT2D eigenvalue weighted by Crippen LogP contribution is 2.70. The highest BCUT2D eigenvalue weighted by Gasteiger charge is 3.02. The summed E-state index contributed by atoms with van der Waals surface area (Å²) in [4.78, 5) is 10.2. The number of hydrogen-bond acceptors (Lipinski definition) is 2. The Kier molecular flexibility index (Phi) is 12.9. The van der Waals surface area contributed by atoms with E-state index in [9.17, 15) is 154 Å². The maximum absolute atomic E-state index is 13.9. The van der Waals surface area contributed by atoms with Crippen LogP contribution in [-0.4, -0.2) is 112 Å². The van der Waals surface area contributed by atoms with Crippen LogP contribution in [0, 0.1) is 0 Å². The molecule has 1 amide bonds. The van der Waals surface area contributed by atoms with E-state index in [0.717, 1.165) is 0 Å². The summed E-state index contributed by atoms with van der Waals surface area (Å²) < 4.78 is 466. The number of thiol groups is 1. The molecule has 0 aliphatic rings. The number of nitrogens with two attached hydrogens (primary N) is 1. The molecule has 37 heteroatoms. The van der Waals surface area contributed by atoms with Crippen LogP contribution in [-0.2, 0) is 4.79 Å². The molecular weight excluding hydrogens is 948 g/mol. The lowest BCUT2D eigenvalue weighted by atomic mass is 9.82. The van der Waals surface area contributed by atoms with Gasteiger partial charge in [0.25, 0.3) is 5.91 Å². The normalized spacial score (nSPS) is 17.0. The fourth-order valence-corrected chi connectivity index (χ4v) is 3.72. The molecule has 2 N–H and O–H groups in total. The first kappa shape index (κ1) is 54.4. The standard InChI is InChI=1S/C20H7F34NOS/c21-4(22,1-2-57)6(25,26)8(29,30)10(33,34)12(37,38)14(41,42)16(45,46)18(49,50)20(53,54)19(51,52)17(47,48)15(43,44)13(39,40)11(35,36)9(31,32)7(27,28)5(23,24)3(55)56/h57H,1-2H2,(H2,55,56). The molecule has 57 heavy (non-hydrogen) atoms. The Balaban J connectivity index is 7.84. The second kappa shape index (κ2) is 13.5. The summed E-state index contributed by atoms with van der Waals surface area (Å²) in [6.07, 6.45) is -3.03. The predicted molar refractivity (Wildman–Crippen MR) is 112 cm³/mol. The van der Waals surface area contributed by atoms with E-state index < -0.39 is 119 Å². The number of halogens is 34. The SMILES string of the molecule is NC(=O)C(F)(F)C(F)(F)C(F)(F)C(F)(F)C(F)(F)C(F)(F)C(F)(F)C(F)(F)C(F)(F)C(F)(F)C(F)(F)C(F)(F)C(F)(F)C(F)(F)C(F)(F)C(F)(F)C(F)(F)CCS. The first-order valence-electron chi connectivity index (χ1n) is 12.3. The van der Waals surface area contributed by atoms with Crippen LogP contribution in [0.15, 0.2) is 0 Å². The zero-order chi connectivity index (χ0) is 47.5. The minimum absolute atomic E-state index is 1.92. The average molecular weight is 955 g/mol. The van der Waals surface area contributed by atoms with E-state index in [-0.39, 0.29) is 0 Å². The molecule has 0 aromatic carbocycles. The first-order valence-corrected chi connectivity index (χ1v) is 13.0. The summed E-state index contributed by atoms with van der Waals surface area (Å²) >= 11 is 2.63. The van der Waals surface area contributed by atoms with Gasteiger partial charge in [0.1, 0.15) is 0 Å². The lowest BCUT2D eigenvalue weighted by Crippen LogP contribution is -2.80. The fraction of sp³-hybridized carbons (Fsp3) is 0.950. The first-order chi connectivity index (χ1) is 24.0. The van der Waals surface area contributed by atoms with Crippen LogP contribution in [0.4, 0.5) is 149 Å². The van der Waals surface area contributed by atoms with Crippen LogP contribution in [0.5, 0.6) is 0 Å². The Morgan fingerprint density at radius 3 is 0.579 bits per heavy atom. The predicted octanol–water partition coefficient (Wildman–Crippen LogP) is 10.6. The van der Waals surface area contributed by atoms with Crippen molar-refractivity contribution in [2.75, 3.05) is 5.75 Å². The average Bonchev–Trinajstić information content (AvgIpc) is 2.99. The monoisotopic (exact) mass is 955 g/mol. The van der Waals surface area contributed by atoms with Crippen LogP contribution in [0.2, 0.25) is 0 Å². The topological polar surface area (TPSA) is 43.1 Å². The Labute approximate surface area is 292 Å². The zero-order valence-electron chi connectivity index (χ0n) is 24.7. The molecule has 0 atom stereocenters. The highest BCUT2D eigenvalue weighted by molar-refractivity contribution is 7.80. The van der Waals surface area contributed by atoms with Gasteiger partial charge in [-0.15, -0.1) is 0 Å². The van der Waals surface area contributed by atoms with Crippen LogP contribution >= 0.6 is 12.6 Å². The Bertz CT molecular complexity index is 1490. The third-order valence-electron chi connectivity index (χ3n) is 7.11. The highest BCUT2D eigenvalue weighted by atomic mass is 32.1. The molecule has 0 rings (SSSR count). The summed E-state index contributed by atoms with van der Waals surface area (Å²) in [7, 11) is 0. The lowest BCUT2D eigenvalue weighted by Gasteiger charge is -2.47. The molecule has 0 spiro atoms. The summed E-state index contributed by atoms with van der Waals surface area (Å²) in [5.41, 5.74) is 3.33. The molecule has 0 saturated carbocycles. The smallest absolute Gasteiger partial charge is 0.364 e. The van der Waals surface area contributed by atoms with Crippen molar-refractivity contribution >= 4 is 18.5 Å². The molecule has 0 aromatic rings. The Morgan fingerprint density at radius 2 is 0.439 bits per heavy atom. The van der Waals surface area contributed by atoms with Gasteiger partial charge in [0.05, 0.1) is 0 Å². The summed E-state index contributed by atoms with van der Waals surface area (Å²) in [5.74, 6) is -167. The van der Waals surface area contributed by atoms with Crippen molar-refractivity contribution in [1.29, 1.82) is 0 Å². The molecule has 0 aromatic heterocycles. The van der Waals surface area contributed by atoms with Crippen molar-refractivity contribution in [2.24, 2.45) is 5.73 Å². The minimum Gasteiger partial charge on any atom is -0.364 e. The summed E-state index contributed by atoms with van der Waals surface area (Å²) in [6.45, 7) is 0. The van der Waals surface area contributed by atoms with Gasteiger partial charge in [0.15, 0.2) is 0 Å². The number of hydrogen-bond donors (Lipinski definition) is 2.